The number of nitrogens with one attached hydrogen (secondary N) is 1. The van der Waals surface area contributed by atoms with Crippen molar-refractivity contribution < 1.29 is 9.47 Å². The fraction of sp³-hybridized carbons (Fsp3) is 0.571. The lowest BCUT2D eigenvalue weighted by molar-refractivity contribution is 0.230. The lowest BCUT2D eigenvalue weighted by atomic mass is 10.2. The molecule has 2 rings (SSSR count). The lowest BCUT2D eigenvalue weighted by Crippen LogP contribution is -2.16. The average molecular weight is 270 g/mol. The summed E-state index contributed by atoms with van der Waals surface area (Å²) in [5.41, 5.74) is 1.05. The maximum absolute atomic E-state index is 6.27. The molecule has 0 aromatic heterocycles. The molecule has 1 saturated carbocycles. The fourth-order valence-corrected chi connectivity index (χ4v) is 1.98. The molecule has 0 atom stereocenters. The number of methoxy groups -OCH3 is 1. The van der Waals surface area contributed by atoms with E-state index in [-0.39, 0.29) is 6.10 Å². The molecule has 0 saturated heterocycles. The zero-order valence-electron chi connectivity index (χ0n) is 11.1. The molecule has 0 radical (unpaired) electrons. The van der Waals surface area contributed by atoms with Gasteiger partial charge in [-0.3, -0.25) is 0 Å². The van der Waals surface area contributed by atoms with Gasteiger partial charge < -0.3 is 14.8 Å². The fourth-order valence-electron chi connectivity index (χ4n) is 1.76. The summed E-state index contributed by atoms with van der Waals surface area (Å²) in [5.74, 6) is 1.44. The SMILES string of the molecule is COc1cc(CNC2CC2)c(Cl)cc1OC(C)C. The van der Waals surface area contributed by atoms with Crippen LogP contribution in [0.4, 0.5) is 0 Å². The molecule has 1 aliphatic carbocycles. The Hall–Kier alpha value is -0.930. The minimum absolute atomic E-state index is 0.102. The van der Waals surface area contributed by atoms with Crippen LogP contribution in [0.3, 0.4) is 0 Å². The molecule has 3 nitrogen and oxygen atoms in total. The number of benzene rings is 1. The van der Waals surface area contributed by atoms with Crippen molar-refractivity contribution in [2.45, 2.75) is 45.4 Å². The molecule has 0 bridgehead atoms. The standard InChI is InChI=1S/C14H20ClNO2/c1-9(2)18-14-7-12(15)10(6-13(14)17-3)8-16-11-4-5-11/h6-7,9,11,16H,4-5,8H2,1-3H3. The summed E-state index contributed by atoms with van der Waals surface area (Å²) in [6.07, 6.45) is 2.64. The quantitative estimate of drug-likeness (QED) is 0.859. The van der Waals surface area contributed by atoms with Crippen LogP contribution >= 0.6 is 11.6 Å². The third-order valence-electron chi connectivity index (χ3n) is 2.85. The molecule has 1 aliphatic rings. The zero-order chi connectivity index (χ0) is 13.1. The van der Waals surface area contributed by atoms with Crippen LogP contribution < -0.4 is 14.8 Å². The predicted molar refractivity (Wildman–Crippen MR) is 73.6 cm³/mol. The van der Waals surface area contributed by atoms with Gasteiger partial charge in [0, 0.05) is 23.7 Å². The van der Waals surface area contributed by atoms with Crippen LogP contribution in [-0.4, -0.2) is 19.3 Å². The summed E-state index contributed by atoms with van der Waals surface area (Å²) < 4.78 is 11.0. The van der Waals surface area contributed by atoms with Crippen molar-refractivity contribution in [2.75, 3.05) is 7.11 Å². The third-order valence-corrected chi connectivity index (χ3v) is 3.21. The van der Waals surface area contributed by atoms with E-state index in [0.29, 0.717) is 11.8 Å². The molecule has 1 N–H and O–H groups in total. The van der Waals surface area contributed by atoms with Gasteiger partial charge in [-0.15, -0.1) is 0 Å². The number of rotatable bonds is 6. The molecule has 0 spiro atoms. The summed E-state index contributed by atoms with van der Waals surface area (Å²) in [5, 5.41) is 4.17. The Morgan fingerprint density at radius 2 is 2.06 bits per heavy atom. The van der Waals surface area contributed by atoms with Crippen LogP contribution in [-0.2, 0) is 6.54 Å². The summed E-state index contributed by atoms with van der Waals surface area (Å²) >= 11 is 6.27. The van der Waals surface area contributed by atoms with Gasteiger partial charge in [0.1, 0.15) is 0 Å². The minimum Gasteiger partial charge on any atom is -0.493 e. The second-order valence-electron chi connectivity index (χ2n) is 4.92. The first kappa shape index (κ1) is 13.5. The maximum atomic E-state index is 6.27. The minimum atomic E-state index is 0.102. The molecule has 1 fully saturated rings. The number of halogens is 1. The molecule has 4 heteroatoms. The Balaban J connectivity index is 2.14. The average Bonchev–Trinajstić information content (AvgIpc) is 3.11. The van der Waals surface area contributed by atoms with E-state index in [1.54, 1.807) is 7.11 Å². The molecule has 0 aliphatic heterocycles. The third kappa shape index (κ3) is 3.53. The molecule has 1 aromatic carbocycles. The van der Waals surface area contributed by atoms with Crippen LogP contribution in [0, 0.1) is 0 Å². The molecule has 0 unspecified atom stereocenters. The Bertz CT molecular complexity index is 417. The van der Waals surface area contributed by atoms with Gasteiger partial charge in [0.15, 0.2) is 11.5 Å². The van der Waals surface area contributed by atoms with Gasteiger partial charge in [0.2, 0.25) is 0 Å². The highest BCUT2D eigenvalue weighted by Crippen LogP contribution is 2.34. The van der Waals surface area contributed by atoms with E-state index in [4.69, 9.17) is 21.1 Å². The van der Waals surface area contributed by atoms with Gasteiger partial charge in [0.25, 0.3) is 0 Å². The Kier molecular flexibility index (Phi) is 4.36. The molecule has 0 heterocycles. The van der Waals surface area contributed by atoms with Crippen LogP contribution in [0.15, 0.2) is 12.1 Å². The molecular weight excluding hydrogens is 250 g/mol. The van der Waals surface area contributed by atoms with Crippen molar-refractivity contribution in [1.29, 1.82) is 0 Å². The topological polar surface area (TPSA) is 30.5 Å². The lowest BCUT2D eigenvalue weighted by Gasteiger charge is -2.16. The van der Waals surface area contributed by atoms with Crippen molar-refractivity contribution in [3.05, 3.63) is 22.7 Å². The van der Waals surface area contributed by atoms with Crippen LogP contribution in [0.25, 0.3) is 0 Å². The largest absolute Gasteiger partial charge is 0.493 e. The van der Waals surface area contributed by atoms with E-state index >= 15 is 0 Å². The molecule has 0 amide bonds. The van der Waals surface area contributed by atoms with E-state index < -0.39 is 0 Å². The summed E-state index contributed by atoms with van der Waals surface area (Å²) in [4.78, 5) is 0. The maximum Gasteiger partial charge on any atom is 0.163 e. The van der Waals surface area contributed by atoms with E-state index in [1.165, 1.54) is 12.8 Å². The number of hydrogen-bond donors (Lipinski definition) is 1. The Morgan fingerprint density at radius 3 is 2.61 bits per heavy atom. The van der Waals surface area contributed by atoms with Crippen LogP contribution in [0.2, 0.25) is 5.02 Å². The Morgan fingerprint density at radius 1 is 1.33 bits per heavy atom. The van der Waals surface area contributed by atoms with E-state index in [1.807, 2.05) is 26.0 Å². The Labute approximate surface area is 113 Å². The van der Waals surface area contributed by atoms with Gasteiger partial charge in [-0.05, 0) is 38.3 Å². The van der Waals surface area contributed by atoms with E-state index in [2.05, 4.69) is 5.32 Å². The molecule has 100 valence electrons. The number of hydrogen-bond acceptors (Lipinski definition) is 3. The molecule has 1 aromatic rings. The summed E-state index contributed by atoms with van der Waals surface area (Å²) in [6.45, 7) is 4.74. The van der Waals surface area contributed by atoms with Gasteiger partial charge in [-0.25, -0.2) is 0 Å². The zero-order valence-corrected chi connectivity index (χ0v) is 11.9. The summed E-state index contributed by atoms with van der Waals surface area (Å²) in [7, 11) is 1.65. The first-order valence-electron chi connectivity index (χ1n) is 6.36. The first-order chi connectivity index (χ1) is 8.60. The summed E-state index contributed by atoms with van der Waals surface area (Å²) in [6, 6.07) is 4.46. The smallest absolute Gasteiger partial charge is 0.163 e. The predicted octanol–water partition coefficient (Wildman–Crippen LogP) is 3.39. The second kappa shape index (κ2) is 5.81. The van der Waals surface area contributed by atoms with Crippen molar-refractivity contribution in [3.63, 3.8) is 0 Å². The van der Waals surface area contributed by atoms with Crippen molar-refractivity contribution in [3.8, 4) is 11.5 Å². The highest BCUT2D eigenvalue weighted by atomic mass is 35.5. The number of ether oxygens (including phenoxy) is 2. The highest BCUT2D eigenvalue weighted by Gasteiger charge is 2.21. The highest BCUT2D eigenvalue weighted by molar-refractivity contribution is 6.31. The van der Waals surface area contributed by atoms with Gasteiger partial charge >= 0.3 is 0 Å². The normalized spacial score (nSPS) is 14.9. The van der Waals surface area contributed by atoms with Crippen molar-refractivity contribution in [2.24, 2.45) is 0 Å². The first-order valence-corrected chi connectivity index (χ1v) is 6.74. The van der Waals surface area contributed by atoms with Gasteiger partial charge in [0.05, 0.1) is 13.2 Å². The van der Waals surface area contributed by atoms with Crippen molar-refractivity contribution in [1.82, 2.24) is 5.32 Å². The van der Waals surface area contributed by atoms with Crippen LogP contribution in [0.5, 0.6) is 11.5 Å². The van der Waals surface area contributed by atoms with Crippen LogP contribution in [0.1, 0.15) is 32.3 Å². The van der Waals surface area contributed by atoms with Crippen molar-refractivity contribution >= 4 is 11.6 Å². The molecular formula is C14H20ClNO2. The van der Waals surface area contributed by atoms with Gasteiger partial charge in [-0.2, -0.15) is 0 Å². The van der Waals surface area contributed by atoms with Gasteiger partial charge in [-0.1, -0.05) is 11.6 Å². The monoisotopic (exact) mass is 269 g/mol. The van der Waals surface area contributed by atoms with E-state index in [9.17, 15) is 0 Å². The molecule has 18 heavy (non-hydrogen) atoms. The second-order valence-corrected chi connectivity index (χ2v) is 5.32. The van der Waals surface area contributed by atoms with E-state index in [0.717, 1.165) is 22.9 Å².